The Balaban J connectivity index is 2.58. The largest absolute Gasteiger partial charge is 0.396 e. The van der Waals surface area contributed by atoms with Gasteiger partial charge in [-0.3, -0.25) is 9.69 Å². The summed E-state index contributed by atoms with van der Waals surface area (Å²) in [5.41, 5.74) is 5.02. The van der Waals surface area contributed by atoms with Gasteiger partial charge in [0.05, 0.1) is 0 Å². The number of amides is 1. The number of aliphatic hydroxyl groups is 1. The molecule has 0 heterocycles. The van der Waals surface area contributed by atoms with Crippen LogP contribution in [0.1, 0.15) is 29.8 Å². The number of halogens is 2. The van der Waals surface area contributed by atoms with E-state index in [0.29, 0.717) is 5.56 Å². The lowest BCUT2D eigenvalue weighted by atomic mass is 9.87. The summed E-state index contributed by atoms with van der Waals surface area (Å²) in [6.45, 7) is 1.23. The Labute approximate surface area is 122 Å². The molecule has 3 N–H and O–H groups in total. The first kappa shape index (κ1) is 15.9. The van der Waals surface area contributed by atoms with Gasteiger partial charge in [0.15, 0.2) is 0 Å². The smallest absolute Gasteiger partial charge is 0.242 e. The molecule has 1 aromatic rings. The molecule has 116 valence electrons. The molecular weight excluding hydrogens is 278 g/mol. The van der Waals surface area contributed by atoms with Crippen molar-refractivity contribution in [2.75, 3.05) is 20.7 Å². The maximum atomic E-state index is 14.3. The number of nitrogens with zero attached hydrogens (tertiary/aromatic N) is 1. The molecule has 1 aliphatic rings. The highest BCUT2D eigenvalue weighted by atomic mass is 19.1. The molecule has 0 fully saturated rings. The van der Waals surface area contributed by atoms with E-state index in [4.69, 9.17) is 10.8 Å². The normalized spacial score (nSPS) is 24.0. The van der Waals surface area contributed by atoms with Crippen molar-refractivity contribution in [2.45, 2.75) is 25.1 Å². The van der Waals surface area contributed by atoms with E-state index in [1.165, 1.54) is 12.1 Å². The number of carbonyl (C=O) groups excluding carboxylic acids is 1. The average molecular weight is 298 g/mol. The van der Waals surface area contributed by atoms with Gasteiger partial charge in [0, 0.05) is 12.5 Å². The van der Waals surface area contributed by atoms with E-state index in [1.807, 2.05) is 0 Å². The first-order valence-electron chi connectivity index (χ1n) is 6.78. The van der Waals surface area contributed by atoms with Crippen molar-refractivity contribution < 1.29 is 18.7 Å². The molecular formula is C15H20F2N2O2. The summed E-state index contributed by atoms with van der Waals surface area (Å²) >= 11 is 0. The van der Waals surface area contributed by atoms with Crippen molar-refractivity contribution in [1.82, 2.24) is 4.90 Å². The zero-order valence-electron chi connectivity index (χ0n) is 12.4. The van der Waals surface area contributed by atoms with Crippen LogP contribution < -0.4 is 5.73 Å². The molecule has 0 aliphatic heterocycles. The Morgan fingerprint density at radius 1 is 1.52 bits per heavy atom. The summed E-state index contributed by atoms with van der Waals surface area (Å²) in [6, 6.07) is 2.72. The Hall–Kier alpha value is -1.53. The third kappa shape index (κ3) is 2.32. The van der Waals surface area contributed by atoms with E-state index < -0.39 is 29.4 Å². The molecule has 0 saturated carbocycles. The molecule has 0 saturated heterocycles. The third-order valence-corrected chi connectivity index (χ3v) is 4.58. The van der Waals surface area contributed by atoms with E-state index in [2.05, 4.69) is 0 Å². The molecule has 1 aromatic carbocycles. The third-order valence-electron chi connectivity index (χ3n) is 4.58. The second-order valence-electron chi connectivity index (χ2n) is 5.91. The van der Waals surface area contributed by atoms with E-state index in [1.54, 1.807) is 25.9 Å². The Morgan fingerprint density at radius 2 is 2.14 bits per heavy atom. The van der Waals surface area contributed by atoms with Gasteiger partial charge in [0.25, 0.3) is 0 Å². The molecule has 21 heavy (non-hydrogen) atoms. The average Bonchev–Trinajstić information content (AvgIpc) is 2.74. The number of hydrogen-bond acceptors (Lipinski definition) is 3. The standard InChI is InChI=1S/C15H20F2N2O2/c1-15(14(18)21,19(2)3)9-5-11-10(12(16)6-9)4-8(7-20)13(11)17/h5-6,8,13,20H,4,7H2,1-3H3,(H2,18,21). The number of nitrogens with two attached hydrogens (primary N) is 1. The number of carbonyl (C=O) groups is 1. The van der Waals surface area contributed by atoms with Crippen LogP contribution >= 0.6 is 0 Å². The van der Waals surface area contributed by atoms with Crippen LogP contribution in [0.15, 0.2) is 12.1 Å². The molecule has 0 bridgehead atoms. The van der Waals surface area contributed by atoms with E-state index in [9.17, 15) is 13.6 Å². The molecule has 6 heteroatoms. The minimum atomic E-state index is -1.43. The van der Waals surface area contributed by atoms with Gasteiger partial charge in [-0.05, 0) is 50.2 Å². The second kappa shape index (κ2) is 5.35. The Kier molecular flexibility index (Phi) is 4.04. The molecule has 1 aliphatic carbocycles. The zero-order valence-corrected chi connectivity index (χ0v) is 12.4. The lowest BCUT2D eigenvalue weighted by Gasteiger charge is -2.34. The zero-order chi connectivity index (χ0) is 15.9. The topological polar surface area (TPSA) is 66.6 Å². The van der Waals surface area contributed by atoms with Gasteiger partial charge < -0.3 is 10.8 Å². The number of hydrogen-bond donors (Lipinski definition) is 2. The number of fused-ring (bicyclic) bond motifs is 1. The summed E-state index contributed by atoms with van der Waals surface area (Å²) in [5, 5.41) is 9.16. The minimum absolute atomic E-state index is 0.161. The monoisotopic (exact) mass is 298 g/mol. The number of alkyl halides is 1. The number of benzene rings is 1. The molecule has 4 nitrogen and oxygen atoms in total. The maximum Gasteiger partial charge on any atom is 0.242 e. The van der Waals surface area contributed by atoms with Gasteiger partial charge in [-0.25, -0.2) is 8.78 Å². The number of aliphatic hydroxyl groups excluding tert-OH is 1. The Bertz CT molecular complexity index is 577. The van der Waals surface area contributed by atoms with Crippen LogP contribution in [0.2, 0.25) is 0 Å². The number of likely N-dealkylation sites (N-methyl/N-ethyl adjacent to an activating group) is 1. The summed E-state index contributed by atoms with van der Waals surface area (Å²) < 4.78 is 28.5. The highest BCUT2D eigenvalue weighted by Crippen LogP contribution is 2.42. The van der Waals surface area contributed by atoms with Crippen molar-refractivity contribution in [2.24, 2.45) is 11.7 Å². The van der Waals surface area contributed by atoms with Gasteiger partial charge in [-0.2, -0.15) is 0 Å². The fraction of sp³-hybridized carbons (Fsp3) is 0.533. The van der Waals surface area contributed by atoms with Crippen LogP contribution in [-0.4, -0.2) is 36.6 Å². The van der Waals surface area contributed by atoms with Crippen molar-refractivity contribution in [3.05, 3.63) is 34.6 Å². The van der Waals surface area contributed by atoms with Gasteiger partial charge in [-0.1, -0.05) is 6.07 Å². The highest BCUT2D eigenvalue weighted by Gasteiger charge is 2.40. The molecule has 0 radical (unpaired) electrons. The van der Waals surface area contributed by atoms with E-state index in [-0.39, 0.29) is 24.2 Å². The molecule has 2 rings (SSSR count). The molecule has 3 atom stereocenters. The van der Waals surface area contributed by atoms with Crippen LogP contribution in [0, 0.1) is 11.7 Å². The van der Waals surface area contributed by atoms with Crippen LogP contribution in [0.5, 0.6) is 0 Å². The molecule has 0 aromatic heterocycles. The van der Waals surface area contributed by atoms with Crippen LogP contribution in [-0.2, 0) is 16.8 Å². The van der Waals surface area contributed by atoms with Gasteiger partial charge >= 0.3 is 0 Å². The number of primary amides is 1. The van der Waals surface area contributed by atoms with E-state index >= 15 is 0 Å². The summed E-state index contributed by atoms with van der Waals surface area (Å²) in [4.78, 5) is 13.4. The SMILES string of the molecule is CN(C)C(C)(C(N)=O)c1cc(F)c2c(c1)C(F)C(CO)C2. The first-order valence-corrected chi connectivity index (χ1v) is 6.78. The minimum Gasteiger partial charge on any atom is -0.396 e. The molecule has 3 unspecified atom stereocenters. The van der Waals surface area contributed by atoms with Crippen LogP contribution in [0.3, 0.4) is 0 Å². The first-order chi connectivity index (χ1) is 9.73. The predicted molar refractivity (Wildman–Crippen MR) is 74.8 cm³/mol. The summed E-state index contributed by atoms with van der Waals surface area (Å²) in [5.74, 6) is -1.83. The quantitative estimate of drug-likeness (QED) is 0.879. The van der Waals surface area contributed by atoms with Gasteiger partial charge in [0.1, 0.15) is 17.5 Å². The van der Waals surface area contributed by atoms with Crippen molar-refractivity contribution in [3.8, 4) is 0 Å². The van der Waals surface area contributed by atoms with Gasteiger partial charge in [-0.15, -0.1) is 0 Å². The Morgan fingerprint density at radius 3 is 2.62 bits per heavy atom. The second-order valence-corrected chi connectivity index (χ2v) is 5.91. The lowest BCUT2D eigenvalue weighted by Crippen LogP contribution is -2.49. The van der Waals surface area contributed by atoms with E-state index in [0.717, 1.165) is 0 Å². The predicted octanol–water partition coefficient (Wildman–Crippen LogP) is 1.26. The summed E-state index contributed by atoms with van der Waals surface area (Å²) in [7, 11) is 3.30. The fourth-order valence-corrected chi connectivity index (χ4v) is 2.80. The van der Waals surface area contributed by atoms with Crippen molar-refractivity contribution >= 4 is 5.91 Å². The molecule has 1 amide bonds. The van der Waals surface area contributed by atoms with Crippen LogP contribution in [0.4, 0.5) is 8.78 Å². The highest BCUT2D eigenvalue weighted by molar-refractivity contribution is 5.85. The van der Waals surface area contributed by atoms with Crippen LogP contribution in [0.25, 0.3) is 0 Å². The number of rotatable bonds is 4. The van der Waals surface area contributed by atoms with Crippen molar-refractivity contribution in [3.63, 3.8) is 0 Å². The maximum absolute atomic E-state index is 14.3. The summed E-state index contributed by atoms with van der Waals surface area (Å²) in [6.07, 6.45) is -1.27. The molecule has 0 spiro atoms. The van der Waals surface area contributed by atoms with Crippen molar-refractivity contribution in [1.29, 1.82) is 0 Å². The fourth-order valence-electron chi connectivity index (χ4n) is 2.80. The van der Waals surface area contributed by atoms with Gasteiger partial charge in [0.2, 0.25) is 5.91 Å². The lowest BCUT2D eigenvalue weighted by molar-refractivity contribution is -0.128.